The fraction of sp³-hybridized carbons (Fsp3) is 0.571. The van der Waals surface area contributed by atoms with Crippen molar-refractivity contribution in [2.45, 2.75) is 38.8 Å². The molecule has 0 unspecified atom stereocenters. The Morgan fingerprint density at radius 3 is 2.68 bits per heavy atom. The lowest BCUT2D eigenvalue weighted by atomic mass is 9.98. The molecule has 0 radical (unpaired) electrons. The molecule has 1 fully saturated rings. The zero-order valence-corrected chi connectivity index (χ0v) is 11.6. The molecule has 0 spiro atoms. The third-order valence-electron chi connectivity index (χ3n) is 3.79. The highest BCUT2D eigenvalue weighted by molar-refractivity contribution is 5.48. The van der Waals surface area contributed by atoms with Crippen molar-refractivity contribution >= 4 is 5.69 Å². The maximum Gasteiger partial charge on any atom is 0.311 e. The lowest BCUT2D eigenvalue weighted by Gasteiger charge is -2.26. The second-order valence-electron chi connectivity index (χ2n) is 5.61. The average Bonchev–Trinajstić information content (AvgIpc) is 3.20. The number of methoxy groups -OCH3 is 1. The smallest absolute Gasteiger partial charge is 0.311 e. The molecule has 1 aliphatic carbocycles. The van der Waals surface area contributed by atoms with E-state index in [4.69, 9.17) is 4.74 Å². The third-order valence-corrected chi connectivity index (χ3v) is 3.79. The summed E-state index contributed by atoms with van der Waals surface area (Å²) in [7, 11) is 1.44. The van der Waals surface area contributed by atoms with Gasteiger partial charge in [0, 0.05) is 18.2 Å². The van der Waals surface area contributed by atoms with Gasteiger partial charge in [-0.1, -0.05) is 6.07 Å². The Bertz CT molecular complexity index is 482. The van der Waals surface area contributed by atoms with Crippen LogP contribution < -0.4 is 10.1 Å². The SMILES string of the molecule is COc1ccc(CNC(C)(C)C2CC2)cc1[N+](=O)[O-]. The summed E-state index contributed by atoms with van der Waals surface area (Å²) in [6.07, 6.45) is 2.53. The van der Waals surface area contributed by atoms with Gasteiger partial charge in [-0.15, -0.1) is 0 Å². The van der Waals surface area contributed by atoms with Gasteiger partial charge in [0.1, 0.15) is 0 Å². The summed E-state index contributed by atoms with van der Waals surface area (Å²) < 4.78 is 4.99. The molecule has 5 heteroatoms. The van der Waals surface area contributed by atoms with Gasteiger partial charge in [0.25, 0.3) is 0 Å². The summed E-state index contributed by atoms with van der Waals surface area (Å²) in [5, 5.41) is 14.4. The Morgan fingerprint density at radius 2 is 2.16 bits per heavy atom. The van der Waals surface area contributed by atoms with Crippen molar-refractivity contribution in [3.05, 3.63) is 33.9 Å². The molecule has 1 saturated carbocycles. The summed E-state index contributed by atoms with van der Waals surface area (Å²) in [6.45, 7) is 5.00. The molecule has 0 bridgehead atoms. The van der Waals surface area contributed by atoms with E-state index in [1.165, 1.54) is 20.0 Å². The molecule has 104 valence electrons. The van der Waals surface area contributed by atoms with Crippen molar-refractivity contribution in [2.24, 2.45) is 5.92 Å². The molecule has 0 heterocycles. The lowest BCUT2D eigenvalue weighted by molar-refractivity contribution is -0.385. The molecule has 0 saturated heterocycles. The molecule has 19 heavy (non-hydrogen) atoms. The minimum absolute atomic E-state index is 0.0195. The molecule has 1 aromatic carbocycles. The minimum Gasteiger partial charge on any atom is -0.490 e. The van der Waals surface area contributed by atoms with Gasteiger partial charge in [-0.3, -0.25) is 10.1 Å². The van der Waals surface area contributed by atoms with Crippen LogP contribution >= 0.6 is 0 Å². The lowest BCUT2D eigenvalue weighted by Crippen LogP contribution is -2.40. The van der Waals surface area contributed by atoms with E-state index in [1.807, 2.05) is 6.07 Å². The van der Waals surface area contributed by atoms with Crippen molar-refractivity contribution in [2.75, 3.05) is 7.11 Å². The molecular weight excluding hydrogens is 244 g/mol. The highest BCUT2D eigenvalue weighted by atomic mass is 16.6. The Balaban J connectivity index is 2.08. The van der Waals surface area contributed by atoms with E-state index in [0.717, 1.165) is 11.5 Å². The van der Waals surface area contributed by atoms with Crippen molar-refractivity contribution in [1.29, 1.82) is 0 Å². The summed E-state index contributed by atoms with van der Waals surface area (Å²) in [4.78, 5) is 10.5. The first-order chi connectivity index (χ1) is 8.94. The van der Waals surface area contributed by atoms with Crippen LogP contribution in [0.2, 0.25) is 0 Å². The van der Waals surface area contributed by atoms with Crippen LogP contribution in [-0.4, -0.2) is 17.6 Å². The van der Waals surface area contributed by atoms with Crippen LogP contribution in [0.15, 0.2) is 18.2 Å². The molecule has 2 rings (SSSR count). The van der Waals surface area contributed by atoms with Crippen LogP contribution in [0.1, 0.15) is 32.3 Å². The number of rotatable bonds is 6. The number of nitrogens with one attached hydrogen (secondary N) is 1. The fourth-order valence-electron chi connectivity index (χ4n) is 2.27. The number of benzene rings is 1. The van der Waals surface area contributed by atoms with E-state index < -0.39 is 4.92 Å². The average molecular weight is 264 g/mol. The summed E-state index contributed by atoms with van der Waals surface area (Å²) in [6, 6.07) is 5.09. The highest BCUT2D eigenvalue weighted by Crippen LogP contribution is 2.39. The van der Waals surface area contributed by atoms with Gasteiger partial charge in [0.2, 0.25) is 0 Å². The number of hydrogen-bond acceptors (Lipinski definition) is 4. The van der Waals surface area contributed by atoms with Crippen LogP contribution in [0, 0.1) is 16.0 Å². The van der Waals surface area contributed by atoms with Crippen molar-refractivity contribution in [3.63, 3.8) is 0 Å². The third kappa shape index (κ3) is 3.23. The first-order valence-electron chi connectivity index (χ1n) is 6.50. The fourth-order valence-corrected chi connectivity index (χ4v) is 2.27. The van der Waals surface area contributed by atoms with Gasteiger partial charge in [0.05, 0.1) is 12.0 Å². The predicted molar refractivity (Wildman–Crippen MR) is 73.3 cm³/mol. The van der Waals surface area contributed by atoms with Crippen LogP contribution in [-0.2, 0) is 6.54 Å². The van der Waals surface area contributed by atoms with E-state index in [1.54, 1.807) is 12.1 Å². The normalized spacial score (nSPS) is 15.3. The molecule has 5 nitrogen and oxygen atoms in total. The zero-order chi connectivity index (χ0) is 14.0. The first kappa shape index (κ1) is 13.8. The molecule has 0 aliphatic heterocycles. The molecular formula is C14H20N2O3. The highest BCUT2D eigenvalue weighted by Gasteiger charge is 2.37. The van der Waals surface area contributed by atoms with Gasteiger partial charge in [-0.05, 0) is 44.2 Å². The second kappa shape index (κ2) is 5.17. The van der Waals surface area contributed by atoms with Crippen molar-refractivity contribution in [3.8, 4) is 5.75 Å². The quantitative estimate of drug-likeness (QED) is 0.634. The molecule has 1 N–H and O–H groups in total. The summed E-state index contributed by atoms with van der Waals surface area (Å²) >= 11 is 0. The van der Waals surface area contributed by atoms with E-state index in [2.05, 4.69) is 19.2 Å². The van der Waals surface area contributed by atoms with Gasteiger partial charge in [0.15, 0.2) is 5.75 Å². The first-order valence-corrected chi connectivity index (χ1v) is 6.50. The summed E-state index contributed by atoms with van der Waals surface area (Å²) in [5.41, 5.74) is 1.02. The monoisotopic (exact) mass is 264 g/mol. The van der Waals surface area contributed by atoms with Crippen LogP contribution in [0.5, 0.6) is 5.75 Å². The van der Waals surface area contributed by atoms with Crippen LogP contribution in [0.25, 0.3) is 0 Å². The maximum absolute atomic E-state index is 11.0. The van der Waals surface area contributed by atoms with E-state index >= 15 is 0 Å². The van der Waals surface area contributed by atoms with Gasteiger partial charge in [-0.2, -0.15) is 0 Å². The second-order valence-corrected chi connectivity index (χ2v) is 5.61. The molecule has 1 aliphatic rings. The number of nitro groups is 1. The zero-order valence-electron chi connectivity index (χ0n) is 11.6. The Kier molecular flexibility index (Phi) is 3.75. The standard InChI is InChI=1S/C14H20N2O3/c1-14(2,11-5-6-11)15-9-10-4-7-13(19-3)12(8-10)16(17)18/h4,7-8,11,15H,5-6,9H2,1-3H3. The number of ether oxygens (including phenoxy) is 1. The van der Waals surface area contributed by atoms with Gasteiger partial charge >= 0.3 is 5.69 Å². The topological polar surface area (TPSA) is 64.4 Å². The largest absolute Gasteiger partial charge is 0.490 e. The Labute approximate surface area is 113 Å². The van der Waals surface area contributed by atoms with E-state index in [0.29, 0.717) is 12.3 Å². The van der Waals surface area contributed by atoms with Gasteiger partial charge < -0.3 is 10.1 Å². The molecule has 0 atom stereocenters. The van der Waals surface area contributed by atoms with Crippen molar-refractivity contribution < 1.29 is 9.66 Å². The van der Waals surface area contributed by atoms with Crippen LogP contribution in [0.4, 0.5) is 5.69 Å². The predicted octanol–water partition coefficient (Wildman–Crippen LogP) is 2.88. The number of hydrogen-bond donors (Lipinski definition) is 1. The Hall–Kier alpha value is -1.62. The maximum atomic E-state index is 11.0. The minimum atomic E-state index is -0.408. The molecule has 0 amide bonds. The van der Waals surface area contributed by atoms with E-state index in [9.17, 15) is 10.1 Å². The summed E-state index contributed by atoms with van der Waals surface area (Å²) in [5.74, 6) is 1.02. The number of nitrogens with zero attached hydrogens (tertiary/aromatic N) is 1. The molecule has 0 aromatic heterocycles. The molecule has 1 aromatic rings. The van der Waals surface area contributed by atoms with E-state index in [-0.39, 0.29) is 11.2 Å². The van der Waals surface area contributed by atoms with Crippen molar-refractivity contribution in [1.82, 2.24) is 5.32 Å². The van der Waals surface area contributed by atoms with Crippen LogP contribution in [0.3, 0.4) is 0 Å². The number of nitro benzene ring substituents is 1. The Morgan fingerprint density at radius 1 is 1.47 bits per heavy atom. The van der Waals surface area contributed by atoms with Gasteiger partial charge in [-0.25, -0.2) is 0 Å².